The van der Waals surface area contributed by atoms with Gasteiger partial charge in [0.05, 0.1) is 4.92 Å². The van der Waals surface area contributed by atoms with Gasteiger partial charge in [0.25, 0.3) is 5.69 Å². The van der Waals surface area contributed by atoms with E-state index in [1.54, 1.807) is 6.08 Å². The molecule has 128 valence electrons. The Morgan fingerprint density at radius 3 is 2.56 bits per heavy atom. The highest BCUT2D eigenvalue weighted by atomic mass is 35.5. The number of hydrogen-bond donors (Lipinski definition) is 0. The van der Waals surface area contributed by atoms with Crippen LogP contribution in [0.3, 0.4) is 0 Å². The summed E-state index contributed by atoms with van der Waals surface area (Å²) in [5.41, 5.74) is 2.67. The van der Waals surface area contributed by atoms with E-state index in [0.717, 1.165) is 16.9 Å². The molecule has 25 heavy (non-hydrogen) atoms. The van der Waals surface area contributed by atoms with Crippen LogP contribution in [-0.4, -0.2) is 17.8 Å². The van der Waals surface area contributed by atoms with Crippen molar-refractivity contribution in [1.29, 1.82) is 0 Å². The first-order chi connectivity index (χ1) is 11.7. The minimum atomic E-state index is -0.590. The monoisotopic (exact) mass is 356 g/mol. The number of carbonyl (C=O) groups is 1. The number of nitro benzene ring substituents is 1. The molecule has 1 aliphatic rings. The van der Waals surface area contributed by atoms with Gasteiger partial charge in [-0.25, -0.2) is 0 Å². The van der Waals surface area contributed by atoms with Gasteiger partial charge in [0, 0.05) is 41.6 Å². The third-order valence-electron chi connectivity index (χ3n) is 4.64. The number of nitrogens with zero attached hydrogens (tertiary/aromatic N) is 2. The van der Waals surface area contributed by atoms with Crippen molar-refractivity contribution in [3.63, 3.8) is 0 Å². The van der Waals surface area contributed by atoms with Gasteiger partial charge < -0.3 is 4.90 Å². The number of nitro groups is 1. The smallest absolute Gasteiger partial charge is 0.288 e. The molecule has 0 bridgehead atoms. The Morgan fingerprint density at radius 1 is 1.24 bits per heavy atom. The molecule has 0 amide bonds. The number of halogens is 1. The molecule has 0 atom stereocenters. The molecule has 0 saturated heterocycles. The number of hydrogen-bond acceptors (Lipinski definition) is 4. The molecule has 0 radical (unpaired) electrons. The second-order valence-corrected chi connectivity index (χ2v) is 6.93. The maximum atomic E-state index is 12.7. The van der Waals surface area contributed by atoms with E-state index in [1.165, 1.54) is 18.2 Å². The molecular formula is C19H17ClN2O3. The number of para-hydroxylation sites is 1. The highest BCUT2D eigenvalue weighted by molar-refractivity contribution is 6.32. The molecule has 0 spiro atoms. The Kier molecular flexibility index (Phi) is 4.13. The Balaban J connectivity index is 2.03. The molecule has 1 aliphatic heterocycles. The lowest BCUT2D eigenvalue weighted by Crippen LogP contribution is -2.24. The molecule has 0 N–H and O–H groups in total. The first kappa shape index (κ1) is 17.2. The quantitative estimate of drug-likeness (QED) is 0.345. The highest BCUT2D eigenvalue weighted by Gasteiger charge is 2.38. The molecular weight excluding hydrogens is 340 g/mol. The Bertz CT molecular complexity index is 919. The Morgan fingerprint density at radius 2 is 1.92 bits per heavy atom. The minimum Gasteiger partial charge on any atom is -0.347 e. The van der Waals surface area contributed by atoms with Crippen molar-refractivity contribution in [2.24, 2.45) is 0 Å². The lowest BCUT2D eigenvalue weighted by atomic mass is 9.83. The fraction of sp³-hybridized carbons (Fsp3) is 0.211. The molecule has 0 saturated carbocycles. The zero-order chi connectivity index (χ0) is 18.4. The number of allylic oxidation sites excluding steroid dienone is 2. The normalized spacial score (nSPS) is 16.8. The van der Waals surface area contributed by atoms with Crippen LogP contribution in [0.15, 0.2) is 54.2 Å². The van der Waals surface area contributed by atoms with Gasteiger partial charge in [-0.1, -0.05) is 43.6 Å². The van der Waals surface area contributed by atoms with E-state index < -0.39 is 4.92 Å². The maximum Gasteiger partial charge on any atom is 0.288 e. The fourth-order valence-electron chi connectivity index (χ4n) is 3.27. The van der Waals surface area contributed by atoms with Crippen LogP contribution in [-0.2, 0) is 5.41 Å². The summed E-state index contributed by atoms with van der Waals surface area (Å²) in [6.07, 6.45) is 1.55. The van der Waals surface area contributed by atoms with Crippen LogP contribution in [0.5, 0.6) is 0 Å². The fourth-order valence-corrected chi connectivity index (χ4v) is 3.46. The summed E-state index contributed by atoms with van der Waals surface area (Å²) in [5, 5.41) is 11.0. The van der Waals surface area contributed by atoms with E-state index in [0.29, 0.717) is 0 Å². The summed E-state index contributed by atoms with van der Waals surface area (Å²) in [4.78, 5) is 25.1. The summed E-state index contributed by atoms with van der Waals surface area (Å²) < 4.78 is 0. The molecule has 2 aromatic rings. The van der Waals surface area contributed by atoms with E-state index in [1.807, 2.05) is 36.2 Å². The third-order valence-corrected chi connectivity index (χ3v) is 4.96. The largest absolute Gasteiger partial charge is 0.347 e. The molecule has 0 aromatic heterocycles. The molecule has 1 heterocycles. The van der Waals surface area contributed by atoms with Gasteiger partial charge in [-0.2, -0.15) is 0 Å². The standard InChI is InChI=1S/C19H17ClN2O3/c1-19(2)13-6-4-5-7-15(13)21(3)18(19)11-17(23)12-8-9-14(20)16(10-12)22(24)25/h4-11H,1-3H3. The summed E-state index contributed by atoms with van der Waals surface area (Å²) in [5.74, 6) is -0.289. The topological polar surface area (TPSA) is 63.5 Å². The average Bonchev–Trinajstić information content (AvgIpc) is 2.76. The van der Waals surface area contributed by atoms with Crippen molar-refractivity contribution in [2.45, 2.75) is 19.3 Å². The number of rotatable bonds is 3. The highest BCUT2D eigenvalue weighted by Crippen LogP contribution is 2.46. The maximum absolute atomic E-state index is 12.7. The van der Waals surface area contributed by atoms with Crippen LogP contribution in [0.2, 0.25) is 5.02 Å². The second-order valence-electron chi connectivity index (χ2n) is 6.52. The molecule has 2 aromatic carbocycles. The molecule has 0 unspecified atom stereocenters. The zero-order valence-electron chi connectivity index (χ0n) is 14.1. The predicted octanol–water partition coefficient (Wildman–Crippen LogP) is 4.74. The van der Waals surface area contributed by atoms with Crippen molar-refractivity contribution in [2.75, 3.05) is 11.9 Å². The van der Waals surface area contributed by atoms with E-state index in [2.05, 4.69) is 13.8 Å². The number of anilines is 1. The van der Waals surface area contributed by atoms with E-state index >= 15 is 0 Å². The first-order valence-corrected chi connectivity index (χ1v) is 8.15. The van der Waals surface area contributed by atoms with Crippen molar-refractivity contribution >= 4 is 28.8 Å². The summed E-state index contributed by atoms with van der Waals surface area (Å²) >= 11 is 5.82. The molecule has 6 heteroatoms. The lowest BCUT2D eigenvalue weighted by Gasteiger charge is -2.23. The summed E-state index contributed by atoms with van der Waals surface area (Å²) in [6, 6.07) is 12.1. The van der Waals surface area contributed by atoms with Crippen LogP contribution >= 0.6 is 11.6 Å². The number of likely N-dealkylation sites (N-methyl/N-ethyl adjacent to an activating group) is 1. The van der Waals surface area contributed by atoms with E-state index in [-0.39, 0.29) is 27.5 Å². The summed E-state index contributed by atoms with van der Waals surface area (Å²) in [7, 11) is 1.91. The molecule has 0 fully saturated rings. The van der Waals surface area contributed by atoms with Crippen LogP contribution in [0.1, 0.15) is 29.8 Å². The van der Waals surface area contributed by atoms with Gasteiger partial charge in [0.1, 0.15) is 5.02 Å². The molecule has 5 nitrogen and oxygen atoms in total. The second kappa shape index (κ2) is 6.01. The SMILES string of the molecule is CN1C(=CC(=O)c2ccc(Cl)c([N+](=O)[O-])c2)C(C)(C)c2ccccc21. The Hall–Kier alpha value is -2.66. The van der Waals surface area contributed by atoms with Crippen LogP contribution in [0, 0.1) is 10.1 Å². The minimum absolute atomic E-state index is 0.0138. The van der Waals surface area contributed by atoms with Crippen LogP contribution in [0.4, 0.5) is 11.4 Å². The van der Waals surface area contributed by atoms with E-state index in [9.17, 15) is 14.9 Å². The van der Waals surface area contributed by atoms with Gasteiger partial charge in [-0.3, -0.25) is 14.9 Å². The zero-order valence-corrected chi connectivity index (χ0v) is 14.9. The average molecular weight is 357 g/mol. The predicted molar refractivity (Wildman–Crippen MR) is 98.4 cm³/mol. The van der Waals surface area contributed by atoms with Gasteiger partial charge >= 0.3 is 0 Å². The van der Waals surface area contributed by atoms with Gasteiger partial charge in [0.15, 0.2) is 5.78 Å². The van der Waals surface area contributed by atoms with Gasteiger partial charge in [0.2, 0.25) is 0 Å². The van der Waals surface area contributed by atoms with Gasteiger partial charge in [-0.05, 0) is 23.8 Å². The number of ketones is 1. The third kappa shape index (κ3) is 2.81. The number of carbonyl (C=O) groups excluding carboxylic acids is 1. The lowest BCUT2D eigenvalue weighted by molar-refractivity contribution is -0.384. The Labute approximate surface area is 150 Å². The summed E-state index contributed by atoms with van der Waals surface area (Å²) in [6.45, 7) is 4.11. The first-order valence-electron chi connectivity index (χ1n) is 7.77. The van der Waals surface area contributed by atoms with Gasteiger partial charge in [-0.15, -0.1) is 0 Å². The van der Waals surface area contributed by atoms with E-state index in [4.69, 9.17) is 11.6 Å². The van der Waals surface area contributed by atoms with Crippen LogP contribution < -0.4 is 4.90 Å². The van der Waals surface area contributed by atoms with Crippen molar-refractivity contribution in [3.8, 4) is 0 Å². The van der Waals surface area contributed by atoms with Crippen molar-refractivity contribution in [1.82, 2.24) is 0 Å². The molecule has 0 aliphatic carbocycles. The van der Waals surface area contributed by atoms with Crippen molar-refractivity contribution in [3.05, 3.63) is 80.5 Å². The number of benzene rings is 2. The van der Waals surface area contributed by atoms with Crippen molar-refractivity contribution < 1.29 is 9.72 Å². The van der Waals surface area contributed by atoms with Crippen LogP contribution in [0.25, 0.3) is 0 Å². The molecule has 3 rings (SSSR count). The number of fused-ring (bicyclic) bond motifs is 1.